The molecule has 2 rings (SSSR count). The molecule has 5 nitrogen and oxygen atoms in total. The second-order valence-electron chi connectivity index (χ2n) is 5.63. The average molecular weight is 346 g/mol. The van der Waals surface area contributed by atoms with Crippen LogP contribution >= 0.6 is 11.3 Å². The van der Waals surface area contributed by atoms with Gasteiger partial charge in [0.1, 0.15) is 0 Å². The Kier molecular flexibility index (Phi) is 6.11. The van der Waals surface area contributed by atoms with Crippen molar-refractivity contribution < 1.29 is 14.7 Å². The standard InChI is InChI=1S/C18H22N2O3S/c1-3-18(23,4-2)12-19-16(21)17(22)20-14-8-5-7-13(11-14)15-9-6-10-24-15/h5-11,23H,3-4,12H2,1-2H3,(H,19,21)(H,20,22). The number of carbonyl (C=O) groups is 2. The van der Waals surface area contributed by atoms with Gasteiger partial charge in [-0.2, -0.15) is 0 Å². The molecule has 0 spiro atoms. The van der Waals surface area contributed by atoms with Gasteiger partial charge in [0.05, 0.1) is 5.60 Å². The normalized spacial score (nSPS) is 11.1. The minimum Gasteiger partial charge on any atom is -0.388 e. The van der Waals surface area contributed by atoms with E-state index in [4.69, 9.17) is 0 Å². The Morgan fingerprint density at radius 1 is 1.12 bits per heavy atom. The van der Waals surface area contributed by atoms with Gasteiger partial charge in [-0.15, -0.1) is 11.3 Å². The summed E-state index contributed by atoms with van der Waals surface area (Å²) >= 11 is 1.61. The van der Waals surface area contributed by atoms with E-state index < -0.39 is 17.4 Å². The molecule has 1 aromatic heterocycles. The molecule has 0 bridgehead atoms. The molecular formula is C18H22N2O3S. The summed E-state index contributed by atoms with van der Waals surface area (Å²) in [7, 11) is 0. The zero-order valence-electron chi connectivity index (χ0n) is 13.8. The first kappa shape index (κ1) is 18.2. The van der Waals surface area contributed by atoms with Crippen LogP contribution in [-0.2, 0) is 9.59 Å². The Balaban J connectivity index is 1.97. The fourth-order valence-electron chi connectivity index (χ4n) is 2.21. The fourth-order valence-corrected chi connectivity index (χ4v) is 2.93. The van der Waals surface area contributed by atoms with Crippen molar-refractivity contribution in [3.05, 3.63) is 41.8 Å². The lowest BCUT2D eigenvalue weighted by Crippen LogP contribution is -2.45. The van der Waals surface area contributed by atoms with Crippen LogP contribution in [0.1, 0.15) is 26.7 Å². The van der Waals surface area contributed by atoms with Crippen LogP contribution in [0.5, 0.6) is 0 Å². The highest BCUT2D eigenvalue weighted by Crippen LogP contribution is 2.26. The molecule has 0 saturated heterocycles. The molecule has 0 unspecified atom stereocenters. The van der Waals surface area contributed by atoms with E-state index in [9.17, 15) is 14.7 Å². The van der Waals surface area contributed by atoms with Gasteiger partial charge in [-0.25, -0.2) is 0 Å². The van der Waals surface area contributed by atoms with Gasteiger partial charge in [-0.3, -0.25) is 9.59 Å². The van der Waals surface area contributed by atoms with E-state index >= 15 is 0 Å². The number of hydrogen-bond acceptors (Lipinski definition) is 4. The van der Waals surface area contributed by atoms with E-state index in [1.165, 1.54) is 0 Å². The molecule has 2 amide bonds. The summed E-state index contributed by atoms with van der Waals surface area (Å²) in [6.45, 7) is 3.74. The zero-order chi connectivity index (χ0) is 17.6. The third-order valence-electron chi connectivity index (χ3n) is 4.03. The molecule has 24 heavy (non-hydrogen) atoms. The van der Waals surface area contributed by atoms with Crippen LogP contribution in [0.4, 0.5) is 5.69 Å². The molecule has 0 aliphatic heterocycles. The lowest BCUT2D eigenvalue weighted by atomic mass is 9.98. The molecule has 0 aliphatic rings. The van der Waals surface area contributed by atoms with Crippen LogP contribution in [0.2, 0.25) is 0 Å². The summed E-state index contributed by atoms with van der Waals surface area (Å²) in [5, 5.41) is 17.2. The third kappa shape index (κ3) is 4.66. The molecule has 0 fully saturated rings. The lowest BCUT2D eigenvalue weighted by Gasteiger charge is -2.25. The number of anilines is 1. The number of thiophene rings is 1. The summed E-state index contributed by atoms with van der Waals surface area (Å²) in [4.78, 5) is 25.0. The second-order valence-corrected chi connectivity index (χ2v) is 6.57. The highest BCUT2D eigenvalue weighted by Gasteiger charge is 2.24. The van der Waals surface area contributed by atoms with E-state index in [2.05, 4.69) is 10.6 Å². The monoisotopic (exact) mass is 346 g/mol. The van der Waals surface area contributed by atoms with Crippen molar-refractivity contribution in [2.75, 3.05) is 11.9 Å². The molecule has 0 radical (unpaired) electrons. The Morgan fingerprint density at radius 3 is 2.50 bits per heavy atom. The first-order valence-corrected chi connectivity index (χ1v) is 8.81. The van der Waals surface area contributed by atoms with E-state index in [1.54, 1.807) is 17.4 Å². The van der Waals surface area contributed by atoms with Gasteiger partial charge in [-0.05, 0) is 42.0 Å². The van der Waals surface area contributed by atoms with E-state index in [1.807, 2.05) is 49.6 Å². The zero-order valence-corrected chi connectivity index (χ0v) is 14.7. The number of amides is 2. The number of aliphatic hydroxyl groups is 1. The molecular weight excluding hydrogens is 324 g/mol. The van der Waals surface area contributed by atoms with Gasteiger partial charge < -0.3 is 15.7 Å². The fraction of sp³-hybridized carbons (Fsp3) is 0.333. The van der Waals surface area contributed by atoms with Gasteiger partial charge in [0, 0.05) is 17.1 Å². The summed E-state index contributed by atoms with van der Waals surface area (Å²) in [6, 6.07) is 11.3. The number of hydrogen-bond donors (Lipinski definition) is 3. The molecule has 0 atom stereocenters. The van der Waals surface area contributed by atoms with Crippen molar-refractivity contribution in [3.63, 3.8) is 0 Å². The van der Waals surface area contributed by atoms with Crippen LogP contribution < -0.4 is 10.6 Å². The number of benzene rings is 1. The van der Waals surface area contributed by atoms with Crippen LogP contribution in [0.3, 0.4) is 0 Å². The van der Waals surface area contributed by atoms with Crippen molar-refractivity contribution in [2.24, 2.45) is 0 Å². The van der Waals surface area contributed by atoms with Crippen molar-refractivity contribution in [3.8, 4) is 10.4 Å². The quantitative estimate of drug-likeness (QED) is 0.704. The predicted molar refractivity (Wildman–Crippen MR) is 96.9 cm³/mol. The molecule has 128 valence electrons. The van der Waals surface area contributed by atoms with Gasteiger partial charge in [-0.1, -0.05) is 32.0 Å². The van der Waals surface area contributed by atoms with Crippen LogP contribution in [0.15, 0.2) is 41.8 Å². The molecule has 0 aliphatic carbocycles. The first-order chi connectivity index (χ1) is 11.5. The highest BCUT2D eigenvalue weighted by atomic mass is 32.1. The van der Waals surface area contributed by atoms with Gasteiger partial charge in [0.15, 0.2) is 0 Å². The predicted octanol–water partition coefficient (Wildman–Crippen LogP) is 3.02. The molecule has 1 aromatic carbocycles. The third-order valence-corrected chi connectivity index (χ3v) is 4.95. The maximum absolute atomic E-state index is 12.0. The highest BCUT2D eigenvalue weighted by molar-refractivity contribution is 7.13. The topological polar surface area (TPSA) is 78.4 Å². The van der Waals surface area contributed by atoms with Crippen molar-refractivity contribution in [1.29, 1.82) is 0 Å². The van der Waals surface area contributed by atoms with Crippen molar-refractivity contribution in [2.45, 2.75) is 32.3 Å². The Labute approximate surface area is 145 Å². The van der Waals surface area contributed by atoms with Crippen LogP contribution in [-0.4, -0.2) is 29.1 Å². The molecule has 6 heteroatoms. The minimum absolute atomic E-state index is 0.0570. The number of rotatable bonds is 6. The van der Waals surface area contributed by atoms with E-state index in [0.717, 1.165) is 10.4 Å². The summed E-state index contributed by atoms with van der Waals surface area (Å²) in [5.41, 5.74) is 0.562. The van der Waals surface area contributed by atoms with E-state index in [-0.39, 0.29) is 6.54 Å². The van der Waals surface area contributed by atoms with Crippen molar-refractivity contribution in [1.82, 2.24) is 5.32 Å². The average Bonchev–Trinajstić information content (AvgIpc) is 3.14. The van der Waals surface area contributed by atoms with E-state index in [0.29, 0.717) is 18.5 Å². The molecule has 2 aromatic rings. The smallest absolute Gasteiger partial charge is 0.313 e. The van der Waals surface area contributed by atoms with Gasteiger partial charge >= 0.3 is 11.8 Å². The molecule has 1 heterocycles. The Hall–Kier alpha value is -2.18. The molecule has 0 saturated carbocycles. The maximum atomic E-state index is 12.0. The Bertz CT molecular complexity index is 694. The number of carbonyl (C=O) groups excluding carboxylic acids is 2. The van der Waals surface area contributed by atoms with Gasteiger partial charge in [0.2, 0.25) is 0 Å². The SMILES string of the molecule is CCC(O)(CC)CNC(=O)C(=O)Nc1cccc(-c2cccs2)c1. The molecule has 3 N–H and O–H groups in total. The summed E-state index contributed by atoms with van der Waals surface area (Å²) < 4.78 is 0. The largest absolute Gasteiger partial charge is 0.388 e. The van der Waals surface area contributed by atoms with Crippen LogP contribution in [0, 0.1) is 0 Å². The van der Waals surface area contributed by atoms with Crippen molar-refractivity contribution >= 4 is 28.8 Å². The number of nitrogens with one attached hydrogen (secondary N) is 2. The van der Waals surface area contributed by atoms with Gasteiger partial charge in [0.25, 0.3) is 0 Å². The van der Waals surface area contributed by atoms with Crippen LogP contribution in [0.25, 0.3) is 10.4 Å². The lowest BCUT2D eigenvalue weighted by molar-refractivity contribution is -0.136. The first-order valence-electron chi connectivity index (χ1n) is 7.93. The summed E-state index contributed by atoms with van der Waals surface area (Å²) in [6.07, 6.45) is 1.02. The summed E-state index contributed by atoms with van der Waals surface area (Å²) in [5.74, 6) is -1.50. The Morgan fingerprint density at radius 2 is 1.88 bits per heavy atom. The second kappa shape index (κ2) is 8.08. The maximum Gasteiger partial charge on any atom is 0.313 e. The minimum atomic E-state index is -0.977.